The molecule has 0 aliphatic carbocycles. The van der Waals surface area contributed by atoms with Gasteiger partial charge in [0.05, 0.1) is 24.0 Å². The highest BCUT2D eigenvalue weighted by molar-refractivity contribution is 6.09. The lowest BCUT2D eigenvalue weighted by atomic mass is 10.2. The number of carbonyl (C=O) groups excluding carboxylic acids is 1. The average molecular weight is 492 g/mol. The fourth-order valence-electron chi connectivity index (χ4n) is 4.57. The summed E-state index contributed by atoms with van der Waals surface area (Å²) in [5, 5.41) is 6.84. The van der Waals surface area contributed by atoms with E-state index in [0.29, 0.717) is 18.8 Å². The molecule has 10 nitrogen and oxygen atoms in total. The number of para-hydroxylation sites is 1. The van der Waals surface area contributed by atoms with Gasteiger partial charge < -0.3 is 25.3 Å². The van der Waals surface area contributed by atoms with E-state index in [-0.39, 0.29) is 23.0 Å². The van der Waals surface area contributed by atoms with Crippen LogP contribution in [0.5, 0.6) is 5.75 Å². The molecular weight excluding hydrogens is 465 g/mol. The van der Waals surface area contributed by atoms with Crippen molar-refractivity contribution in [3.05, 3.63) is 70.2 Å². The maximum absolute atomic E-state index is 14.6. The summed E-state index contributed by atoms with van der Waals surface area (Å²) in [6.07, 6.45) is 2.09. The van der Waals surface area contributed by atoms with E-state index >= 15 is 0 Å². The molecule has 3 heterocycles. The van der Waals surface area contributed by atoms with Crippen LogP contribution < -0.4 is 26.2 Å². The number of carbonyl (C=O) groups is 1. The number of halogens is 1. The molecule has 0 bridgehead atoms. The second kappa shape index (κ2) is 9.08. The minimum Gasteiger partial charge on any atom is -0.494 e. The molecule has 2 aromatic heterocycles. The fourth-order valence-corrected chi connectivity index (χ4v) is 4.57. The molecule has 0 saturated carbocycles. The number of benzene rings is 2. The topological polar surface area (TPSA) is 120 Å². The van der Waals surface area contributed by atoms with Gasteiger partial charge in [0.1, 0.15) is 28.3 Å². The van der Waals surface area contributed by atoms with Gasteiger partial charge in [0.15, 0.2) is 5.82 Å². The lowest BCUT2D eigenvalue weighted by Crippen LogP contribution is -2.31. The number of hydrogen-bond acceptors (Lipinski definition) is 7. The smallest absolute Gasteiger partial charge is 0.284 e. The minimum absolute atomic E-state index is 0.0109. The Morgan fingerprint density at radius 2 is 2.03 bits per heavy atom. The molecule has 1 atom stereocenters. The molecule has 1 amide bonds. The molecule has 0 radical (unpaired) electrons. The van der Waals surface area contributed by atoms with E-state index in [4.69, 9.17) is 15.5 Å². The lowest BCUT2D eigenvalue weighted by molar-refractivity contribution is 0.102. The number of hydrogen-bond donors (Lipinski definition) is 2. The molecular formula is C25H26FN7O3. The molecule has 1 aliphatic heterocycles. The van der Waals surface area contributed by atoms with Crippen LogP contribution in [0.2, 0.25) is 0 Å². The molecule has 4 aromatic rings. The molecule has 36 heavy (non-hydrogen) atoms. The van der Waals surface area contributed by atoms with Crippen molar-refractivity contribution in [3.63, 3.8) is 0 Å². The van der Waals surface area contributed by atoms with E-state index in [1.165, 1.54) is 37.6 Å². The summed E-state index contributed by atoms with van der Waals surface area (Å²) < 4.78 is 22.6. The number of amides is 1. The van der Waals surface area contributed by atoms with Crippen LogP contribution in [0.15, 0.2) is 47.4 Å². The Kier molecular flexibility index (Phi) is 5.92. The van der Waals surface area contributed by atoms with Crippen molar-refractivity contribution >= 4 is 28.3 Å². The number of nitrogens with one attached hydrogen (secondary N) is 1. The van der Waals surface area contributed by atoms with Crippen molar-refractivity contribution in [2.24, 2.45) is 12.8 Å². The van der Waals surface area contributed by atoms with Crippen molar-refractivity contribution in [3.8, 4) is 11.4 Å². The molecule has 2 aromatic carbocycles. The Hall–Kier alpha value is -4.25. The van der Waals surface area contributed by atoms with E-state index in [1.807, 2.05) is 24.6 Å². The highest BCUT2D eigenvalue weighted by Gasteiger charge is 2.27. The quantitative estimate of drug-likeness (QED) is 0.440. The Morgan fingerprint density at radius 1 is 1.22 bits per heavy atom. The summed E-state index contributed by atoms with van der Waals surface area (Å²) in [7, 11) is 3.29. The van der Waals surface area contributed by atoms with Crippen LogP contribution in [-0.2, 0) is 7.05 Å². The predicted molar refractivity (Wildman–Crippen MR) is 135 cm³/mol. The zero-order valence-electron chi connectivity index (χ0n) is 20.2. The largest absolute Gasteiger partial charge is 0.494 e. The van der Waals surface area contributed by atoms with Crippen molar-refractivity contribution < 1.29 is 13.9 Å². The van der Waals surface area contributed by atoms with Gasteiger partial charge in [-0.3, -0.25) is 9.59 Å². The third kappa shape index (κ3) is 3.87. The summed E-state index contributed by atoms with van der Waals surface area (Å²) in [5.74, 6) is -0.409. The van der Waals surface area contributed by atoms with Crippen molar-refractivity contribution in [1.82, 2.24) is 19.3 Å². The number of methoxy groups -OCH3 is 1. The molecule has 5 rings (SSSR count). The first-order valence-corrected chi connectivity index (χ1v) is 11.5. The predicted octanol–water partition coefficient (Wildman–Crippen LogP) is 2.37. The van der Waals surface area contributed by atoms with Crippen molar-refractivity contribution in [2.45, 2.75) is 19.4 Å². The van der Waals surface area contributed by atoms with Gasteiger partial charge in [0, 0.05) is 32.4 Å². The first-order chi connectivity index (χ1) is 17.3. The molecule has 11 heteroatoms. The lowest BCUT2D eigenvalue weighted by Gasteiger charge is -2.22. The second-order valence-electron chi connectivity index (χ2n) is 8.75. The third-order valence-corrected chi connectivity index (χ3v) is 6.51. The molecule has 0 unspecified atom stereocenters. The zero-order chi connectivity index (χ0) is 25.6. The Bertz CT molecular complexity index is 1540. The highest BCUT2D eigenvalue weighted by atomic mass is 19.1. The van der Waals surface area contributed by atoms with Crippen LogP contribution in [0.25, 0.3) is 16.7 Å². The van der Waals surface area contributed by atoms with Crippen LogP contribution in [0.1, 0.15) is 22.6 Å². The summed E-state index contributed by atoms with van der Waals surface area (Å²) in [4.78, 5) is 33.4. The van der Waals surface area contributed by atoms with E-state index in [0.717, 1.165) is 33.6 Å². The monoisotopic (exact) mass is 491 g/mol. The number of fused-ring (bicyclic) bond motifs is 1. The van der Waals surface area contributed by atoms with Gasteiger partial charge >= 0.3 is 0 Å². The number of imidazole rings is 1. The van der Waals surface area contributed by atoms with Gasteiger partial charge in [-0.2, -0.15) is 9.78 Å². The maximum Gasteiger partial charge on any atom is 0.284 e. The first-order valence-electron chi connectivity index (χ1n) is 11.5. The average Bonchev–Trinajstić information content (AvgIpc) is 3.41. The highest BCUT2D eigenvalue weighted by Crippen LogP contribution is 2.36. The normalized spacial score (nSPS) is 15.5. The molecule has 0 spiro atoms. The second-order valence-corrected chi connectivity index (χ2v) is 8.75. The van der Waals surface area contributed by atoms with E-state index in [9.17, 15) is 14.0 Å². The van der Waals surface area contributed by atoms with Crippen LogP contribution in [0.4, 0.5) is 15.8 Å². The molecule has 1 fully saturated rings. The Balaban J connectivity index is 1.58. The summed E-state index contributed by atoms with van der Waals surface area (Å²) in [6, 6.07) is 9.14. The van der Waals surface area contributed by atoms with Crippen LogP contribution in [-0.4, -0.2) is 51.5 Å². The van der Waals surface area contributed by atoms with Gasteiger partial charge in [0.2, 0.25) is 0 Å². The summed E-state index contributed by atoms with van der Waals surface area (Å²) in [6.45, 7) is 3.24. The Morgan fingerprint density at radius 3 is 2.75 bits per heavy atom. The SMILES string of the molecule is COc1cccc(F)c1-n1nccc(C(=O)Nc2ccc3c(nc(C)n3C)c2N2CC[C@@H](N)C2)c1=O. The fraction of sp³-hybridized carbons (Fsp3) is 0.280. The van der Waals surface area contributed by atoms with E-state index in [1.54, 1.807) is 6.07 Å². The van der Waals surface area contributed by atoms with Crippen LogP contribution in [0, 0.1) is 12.7 Å². The van der Waals surface area contributed by atoms with Crippen LogP contribution in [0.3, 0.4) is 0 Å². The van der Waals surface area contributed by atoms with Crippen molar-refractivity contribution in [1.29, 1.82) is 0 Å². The number of rotatable bonds is 5. The van der Waals surface area contributed by atoms with E-state index in [2.05, 4.69) is 15.3 Å². The van der Waals surface area contributed by atoms with E-state index < -0.39 is 17.3 Å². The minimum atomic E-state index is -0.780. The number of nitrogens with two attached hydrogens (primary N) is 1. The number of aromatic nitrogens is 4. The summed E-state index contributed by atoms with van der Waals surface area (Å²) >= 11 is 0. The third-order valence-electron chi connectivity index (χ3n) is 6.51. The van der Waals surface area contributed by atoms with Gasteiger partial charge in [-0.05, 0) is 43.7 Å². The zero-order valence-corrected chi connectivity index (χ0v) is 20.2. The number of nitrogens with zero attached hydrogens (tertiary/aromatic N) is 5. The van der Waals surface area contributed by atoms with Crippen molar-refractivity contribution in [2.75, 3.05) is 30.4 Å². The molecule has 3 N–H and O–H groups in total. The summed E-state index contributed by atoms with van der Waals surface area (Å²) in [5.41, 5.74) is 7.93. The molecule has 186 valence electrons. The van der Waals surface area contributed by atoms with Gasteiger partial charge in [-0.1, -0.05) is 6.07 Å². The number of anilines is 2. The van der Waals surface area contributed by atoms with Gasteiger partial charge in [-0.25, -0.2) is 9.37 Å². The number of ether oxygens (including phenoxy) is 1. The Labute approximate surface area is 206 Å². The molecule has 1 aliphatic rings. The first kappa shape index (κ1) is 23.5. The van der Waals surface area contributed by atoms with Crippen LogP contribution >= 0.6 is 0 Å². The van der Waals surface area contributed by atoms with Gasteiger partial charge in [0.25, 0.3) is 11.5 Å². The molecule has 1 saturated heterocycles. The standard InChI is InChI=1S/C25H26FN7O3/c1-14-29-21-19(31(14)2)8-7-18(23(21)32-12-10-15(27)13-32)30-24(34)16-9-11-28-33(25(16)35)22-17(26)5-4-6-20(22)36-3/h4-9,11,15H,10,12-13,27H2,1-3H3,(H,30,34)/t15-/m1/s1. The number of aryl methyl sites for hydroxylation is 2. The maximum atomic E-state index is 14.6. The van der Waals surface area contributed by atoms with Gasteiger partial charge in [-0.15, -0.1) is 0 Å².